The quantitative estimate of drug-likeness (QED) is 0.738. The fourth-order valence-corrected chi connectivity index (χ4v) is 2.06. The van der Waals surface area contributed by atoms with Gasteiger partial charge in [0.15, 0.2) is 5.82 Å². The molecule has 5 nitrogen and oxygen atoms in total. The molecule has 1 heterocycles. The number of rotatable bonds is 3. The molecule has 0 aliphatic heterocycles. The summed E-state index contributed by atoms with van der Waals surface area (Å²) in [5.74, 6) is 0.720. The standard InChI is InChI=1S/C15H15N5/c1-11-5-7-12(8-6-11)10-20-15(17-18-19-20)13-3-2-4-14(16)9-13/h2-9H,10,16H2,1H3. The highest BCUT2D eigenvalue weighted by atomic mass is 15.5. The number of nitrogens with zero attached hydrogens (tertiary/aromatic N) is 4. The minimum Gasteiger partial charge on any atom is -0.399 e. The van der Waals surface area contributed by atoms with E-state index in [2.05, 4.69) is 46.7 Å². The van der Waals surface area contributed by atoms with Gasteiger partial charge in [-0.25, -0.2) is 4.68 Å². The van der Waals surface area contributed by atoms with Crippen LogP contribution >= 0.6 is 0 Å². The van der Waals surface area contributed by atoms with Crippen molar-refractivity contribution in [1.82, 2.24) is 20.2 Å². The van der Waals surface area contributed by atoms with Gasteiger partial charge in [-0.2, -0.15) is 0 Å². The monoisotopic (exact) mass is 265 g/mol. The summed E-state index contributed by atoms with van der Waals surface area (Å²) in [4.78, 5) is 0. The first-order valence-corrected chi connectivity index (χ1v) is 6.40. The lowest BCUT2D eigenvalue weighted by atomic mass is 10.1. The number of nitrogen functional groups attached to an aromatic ring is 1. The molecule has 0 saturated heterocycles. The first-order valence-electron chi connectivity index (χ1n) is 6.40. The van der Waals surface area contributed by atoms with Crippen LogP contribution < -0.4 is 5.73 Å². The molecule has 0 saturated carbocycles. The number of nitrogens with two attached hydrogens (primary N) is 1. The Kier molecular flexibility index (Phi) is 3.16. The molecule has 0 aliphatic carbocycles. The van der Waals surface area contributed by atoms with E-state index in [1.165, 1.54) is 5.56 Å². The third-order valence-electron chi connectivity index (χ3n) is 3.13. The molecule has 20 heavy (non-hydrogen) atoms. The molecule has 5 heteroatoms. The van der Waals surface area contributed by atoms with Crippen molar-refractivity contribution in [3.05, 3.63) is 59.7 Å². The highest BCUT2D eigenvalue weighted by Gasteiger charge is 2.09. The maximum absolute atomic E-state index is 5.81. The largest absolute Gasteiger partial charge is 0.399 e. The van der Waals surface area contributed by atoms with Crippen LogP contribution in [0.15, 0.2) is 48.5 Å². The van der Waals surface area contributed by atoms with Crippen molar-refractivity contribution in [2.45, 2.75) is 13.5 Å². The predicted octanol–water partition coefficient (Wildman–Crippen LogP) is 2.28. The van der Waals surface area contributed by atoms with Crippen molar-refractivity contribution in [2.75, 3.05) is 5.73 Å². The van der Waals surface area contributed by atoms with E-state index in [9.17, 15) is 0 Å². The zero-order valence-electron chi connectivity index (χ0n) is 11.2. The van der Waals surface area contributed by atoms with Crippen LogP contribution in [0.3, 0.4) is 0 Å². The second-order valence-electron chi connectivity index (χ2n) is 4.77. The number of benzene rings is 2. The normalized spacial score (nSPS) is 10.7. The topological polar surface area (TPSA) is 69.6 Å². The second kappa shape index (κ2) is 5.13. The summed E-state index contributed by atoms with van der Waals surface area (Å²) in [5, 5.41) is 11.9. The number of aromatic nitrogens is 4. The van der Waals surface area contributed by atoms with Gasteiger partial charge in [0.1, 0.15) is 0 Å². The fraction of sp³-hybridized carbons (Fsp3) is 0.133. The molecule has 1 aromatic heterocycles. The fourth-order valence-electron chi connectivity index (χ4n) is 2.06. The first kappa shape index (κ1) is 12.3. The summed E-state index contributed by atoms with van der Waals surface area (Å²) in [7, 11) is 0. The van der Waals surface area contributed by atoms with Crippen LogP contribution in [0.25, 0.3) is 11.4 Å². The number of hydrogen-bond donors (Lipinski definition) is 1. The zero-order chi connectivity index (χ0) is 13.9. The molecule has 0 spiro atoms. The molecule has 3 rings (SSSR count). The number of anilines is 1. The Morgan fingerprint density at radius 2 is 1.90 bits per heavy atom. The van der Waals surface area contributed by atoms with Crippen molar-refractivity contribution in [3.63, 3.8) is 0 Å². The van der Waals surface area contributed by atoms with Crippen LogP contribution in [0.4, 0.5) is 5.69 Å². The Balaban J connectivity index is 1.92. The third kappa shape index (κ3) is 2.51. The second-order valence-corrected chi connectivity index (χ2v) is 4.77. The molecular weight excluding hydrogens is 250 g/mol. The van der Waals surface area contributed by atoms with E-state index in [4.69, 9.17) is 5.73 Å². The van der Waals surface area contributed by atoms with Gasteiger partial charge in [0, 0.05) is 11.3 Å². The molecule has 0 amide bonds. The summed E-state index contributed by atoms with van der Waals surface area (Å²) < 4.78 is 1.78. The van der Waals surface area contributed by atoms with E-state index in [-0.39, 0.29) is 0 Å². The van der Waals surface area contributed by atoms with Gasteiger partial charge in [0.2, 0.25) is 0 Å². The molecule has 0 radical (unpaired) electrons. The van der Waals surface area contributed by atoms with Gasteiger partial charge in [0.05, 0.1) is 6.54 Å². The van der Waals surface area contributed by atoms with Crippen molar-refractivity contribution in [3.8, 4) is 11.4 Å². The Labute approximate surface area is 117 Å². The van der Waals surface area contributed by atoms with Crippen LogP contribution in [-0.2, 0) is 6.54 Å². The smallest absolute Gasteiger partial charge is 0.182 e. The lowest BCUT2D eigenvalue weighted by Gasteiger charge is -2.06. The Bertz CT molecular complexity index is 715. The predicted molar refractivity (Wildman–Crippen MR) is 77.9 cm³/mol. The summed E-state index contributed by atoms with van der Waals surface area (Å²) in [6, 6.07) is 15.9. The molecule has 100 valence electrons. The van der Waals surface area contributed by atoms with Crippen molar-refractivity contribution in [2.24, 2.45) is 0 Å². The number of aryl methyl sites for hydroxylation is 1. The lowest BCUT2D eigenvalue weighted by Crippen LogP contribution is -2.04. The summed E-state index contributed by atoms with van der Waals surface area (Å²) >= 11 is 0. The van der Waals surface area contributed by atoms with Gasteiger partial charge in [0.25, 0.3) is 0 Å². The van der Waals surface area contributed by atoms with Crippen LogP contribution in [0.2, 0.25) is 0 Å². The molecular formula is C15H15N5. The maximum Gasteiger partial charge on any atom is 0.182 e. The molecule has 0 unspecified atom stereocenters. The molecule has 0 atom stereocenters. The SMILES string of the molecule is Cc1ccc(Cn2nnnc2-c2cccc(N)c2)cc1. The van der Waals surface area contributed by atoms with Crippen molar-refractivity contribution in [1.29, 1.82) is 0 Å². The lowest BCUT2D eigenvalue weighted by molar-refractivity contribution is 0.653. The van der Waals surface area contributed by atoms with E-state index < -0.39 is 0 Å². The van der Waals surface area contributed by atoms with E-state index in [1.807, 2.05) is 24.3 Å². The number of tetrazole rings is 1. The molecule has 2 N–H and O–H groups in total. The van der Waals surface area contributed by atoms with E-state index in [0.717, 1.165) is 17.0 Å². The first-order chi connectivity index (χ1) is 9.72. The van der Waals surface area contributed by atoms with Gasteiger partial charge >= 0.3 is 0 Å². The zero-order valence-corrected chi connectivity index (χ0v) is 11.2. The van der Waals surface area contributed by atoms with Gasteiger partial charge in [-0.15, -0.1) is 5.10 Å². The maximum atomic E-state index is 5.81. The Morgan fingerprint density at radius 3 is 2.65 bits per heavy atom. The van der Waals surface area contributed by atoms with Gasteiger partial charge in [-0.3, -0.25) is 0 Å². The molecule has 3 aromatic rings. The highest BCUT2D eigenvalue weighted by molar-refractivity contribution is 5.60. The van der Waals surface area contributed by atoms with Crippen LogP contribution in [0.5, 0.6) is 0 Å². The Morgan fingerprint density at radius 1 is 1.10 bits per heavy atom. The third-order valence-corrected chi connectivity index (χ3v) is 3.13. The minimum absolute atomic E-state index is 0.636. The summed E-state index contributed by atoms with van der Waals surface area (Å²) in [6.07, 6.45) is 0. The van der Waals surface area contributed by atoms with Crippen LogP contribution in [-0.4, -0.2) is 20.2 Å². The van der Waals surface area contributed by atoms with E-state index in [1.54, 1.807) is 4.68 Å². The average molecular weight is 265 g/mol. The van der Waals surface area contributed by atoms with Gasteiger partial charge in [-0.05, 0) is 35.0 Å². The highest BCUT2D eigenvalue weighted by Crippen LogP contribution is 2.19. The average Bonchev–Trinajstić information content (AvgIpc) is 2.89. The number of hydrogen-bond acceptors (Lipinski definition) is 4. The van der Waals surface area contributed by atoms with E-state index >= 15 is 0 Å². The summed E-state index contributed by atoms with van der Waals surface area (Å²) in [5.41, 5.74) is 9.82. The van der Waals surface area contributed by atoms with Gasteiger partial charge in [-0.1, -0.05) is 42.0 Å². The van der Waals surface area contributed by atoms with Gasteiger partial charge < -0.3 is 5.73 Å². The molecule has 0 bridgehead atoms. The Hall–Kier alpha value is -2.69. The van der Waals surface area contributed by atoms with Crippen molar-refractivity contribution < 1.29 is 0 Å². The summed E-state index contributed by atoms with van der Waals surface area (Å²) in [6.45, 7) is 2.70. The molecule has 2 aromatic carbocycles. The van der Waals surface area contributed by atoms with E-state index in [0.29, 0.717) is 12.2 Å². The van der Waals surface area contributed by atoms with Crippen molar-refractivity contribution >= 4 is 5.69 Å². The minimum atomic E-state index is 0.636. The molecule has 0 fully saturated rings. The molecule has 0 aliphatic rings. The van der Waals surface area contributed by atoms with Crippen LogP contribution in [0, 0.1) is 6.92 Å². The van der Waals surface area contributed by atoms with Crippen LogP contribution in [0.1, 0.15) is 11.1 Å².